The number of rotatable bonds is 7. The highest BCUT2D eigenvalue weighted by Gasteiger charge is 2.24. The first kappa shape index (κ1) is 23.8. The fraction of sp³-hybridized carbons (Fsp3) is 0.276. The third kappa shape index (κ3) is 4.75. The van der Waals surface area contributed by atoms with Crippen molar-refractivity contribution in [3.8, 4) is 11.4 Å². The molecule has 3 aromatic carbocycles. The Labute approximate surface area is 210 Å². The molecule has 1 atom stereocenters. The number of benzene rings is 3. The molecule has 0 unspecified atom stereocenters. The van der Waals surface area contributed by atoms with Gasteiger partial charge in [-0.15, -0.1) is 0 Å². The molecule has 184 valence electrons. The maximum atomic E-state index is 13.1. The highest BCUT2D eigenvalue weighted by atomic mass is 16.5. The van der Waals surface area contributed by atoms with Gasteiger partial charge in [-0.3, -0.25) is 19.1 Å². The molecular weight excluding hydrogens is 452 g/mol. The molecule has 5 rings (SSSR count). The number of carbonyl (C=O) groups is 1. The number of ether oxygens (including phenoxy) is 1. The Bertz CT molecular complexity index is 1420. The van der Waals surface area contributed by atoms with E-state index in [1.165, 1.54) is 12.8 Å². The molecule has 4 aromatic rings. The second kappa shape index (κ2) is 10.3. The number of hydrogen-bond donors (Lipinski definition) is 1. The van der Waals surface area contributed by atoms with E-state index in [0.717, 1.165) is 24.4 Å². The lowest BCUT2D eigenvalue weighted by Gasteiger charge is -2.28. The molecule has 1 aliphatic rings. The molecule has 0 aliphatic carbocycles. The highest BCUT2D eigenvalue weighted by molar-refractivity contribution is 5.94. The molecule has 7 nitrogen and oxygen atoms in total. The SMILES string of the molecule is COc1ccc([C@H](CNC(=O)c2ccc(-n3c(C)nc4ccccc4c3=O)cc2)N2CCCC2)cc1. The summed E-state index contributed by atoms with van der Waals surface area (Å²) in [5.74, 6) is 1.28. The van der Waals surface area contributed by atoms with Crippen molar-refractivity contribution in [2.45, 2.75) is 25.8 Å². The number of likely N-dealkylation sites (tertiary alicyclic amines) is 1. The lowest BCUT2D eigenvalue weighted by atomic mass is 10.0. The first-order valence-electron chi connectivity index (χ1n) is 12.3. The molecule has 0 spiro atoms. The summed E-state index contributed by atoms with van der Waals surface area (Å²) in [6.45, 7) is 4.37. The van der Waals surface area contributed by atoms with Crippen LogP contribution in [0.3, 0.4) is 0 Å². The van der Waals surface area contributed by atoms with Crippen LogP contribution in [0.25, 0.3) is 16.6 Å². The lowest BCUT2D eigenvalue weighted by molar-refractivity contribution is 0.0938. The third-order valence-corrected chi connectivity index (χ3v) is 6.87. The maximum absolute atomic E-state index is 13.1. The van der Waals surface area contributed by atoms with Crippen LogP contribution in [0.1, 0.15) is 40.6 Å². The molecule has 0 saturated carbocycles. The smallest absolute Gasteiger partial charge is 0.265 e. The zero-order valence-corrected chi connectivity index (χ0v) is 20.6. The summed E-state index contributed by atoms with van der Waals surface area (Å²) >= 11 is 0. The van der Waals surface area contributed by atoms with E-state index in [1.807, 2.05) is 37.3 Å². The number of hydrogen-bond acceptors (Lipinski definition) is 5. The lowest BCUT2D eigenvalue weighted by Crippen LogP contribution is -2.36. The number of carbonyl (C=O) groups excluding carboxylic acids is 1. The van der Waals surface area contributed by atoms with E-state index in [4.69, 9.17) is 4.74 Å². The van der Waals surface area contributed by atoms with Crippen molar-refractivity contribution in [3.63, 3.8) is 0 Å². The Kier molecular flexibility index (Phi) is 6.82. The summed E-state index contributed by atoms with van der Waals surface area (Å²) in [5, 5.41) is 3.68. The molecule has 2 heterocycles. The van der Waals surface area contributed by atoms with Crippen LogP contribution >= 0.6 is 0 Å². The number of amides is 1. The van der Waals surface area contributed by atoms with E-state index in [2.05, 4.69) is 27.3 Å². The van der Waals surface area contributed by atoms with Crippen molar-refractivity contribution < 1.29 is 9.53 Å². The van der Waals surface area contributed by atoms with Crippen LogP contribution in [0, 0.1) is 6.92 Å². The van der Waals surface area contributed by atoms with Gasteiger partial charge in [0.15, 0.2) is 0 Å². The summed E-state index contributed by atoms with van der Waals surface area (Å²) in [6.07, 6.45) is 2.34. The second-order valence-electron chi connectivity index (χ2n) is 9.11. The zero-order valence-electron chi connectivity index (χ0n) is 20.6. The van der Waals surface area contributed by atoms with E-state index < -0.39 is 0 Å². The van der Waals surface area contributed by atoms with Gasteiger partial charge in [-0.25, -0.2) is 4.98 Å². The number of methoxy groups -OCH3 is 1. The van der Waals surface area contributed by atoms with Gasteiger partial charge < -0.3 is 10.1 Å². The van der Waals surface area contributed by atoms with Gasteiger partial charge in [0.1, 0.15) is 11.6 Å². The Balaban J connectivity index is 1.33. The molecule has 1 N–H and O–H groups in total. The van der Waals surface area contributed by atoms with Crippen molar-refractivity contribution in [3.05, 3.63) is 100 Å². The minimum Gasteiger partial charge on any atom is -0.497 e. The van der Waals surface area contributed by atoms with Crippen LogP contribution in [-0.4, -0.2) is 47.1 Å². The van der Waals surface area contributed by atoms with Crippen molar-refractivity contribution in [1.29, 1.82) is 0 Å². The maximum Gasteiger partial charge on any atom is 0.265 e. The van der Waals surface area contributed by atoms with Gasteiger partial charge in [-0.05, 0) is 86.9 Å². The van der Waals surface area contributed by atoms with Gasteiger partial charge in [0.2, 0.25) is 0 Å². The van der Waals surface area contributed by atoms with E-state index in [0.29, 0.717) is 34.5 Å². The quantitative estimate of drug-likeness (QED) is 0.426. The van der Waals surface area contributed by atoms with Gasteiger partial charge in [-0.2, -0.15) is 0 Å². The van der Waals surface area contributed by atoms with E-state index in [9.17, 15) is 9.59 Å². The Morgan fingerprint density at radius 2 is 1.69 bits per heavy atom. The van der Waals surface area contributed by atoms with Crippen LogP contribution in [0.2, 0.25) is 0 Å². The minimum atomic E-state index is -0.139. The van der Waals surface area contributed by atoms with Gasteiger partial charge in [0, 0.05) is 12.1 Å². The molecule has 1 amide bonds. The molecule has 1 fully saturated rings. The first-order chi connectivity index (χ1) is 17.5. The van der Waals surface area contributed by atoms with Crippen molar-refractivity contribution in [1.82, 2.24) is 19.8 Å². The largest absolute Gasteiger partial charge is 0.497 e. The first-order valence-corrected chi connectivity index (χ1v) is 12.3. The zero-order chi connectivity index (χ0) is 25.1. The second-order valence-corrected chi connectivity index (χ2v) is 9.11. The molecule has 1 aliphatic heterocycles. The molecule has 0 bridgehead atoms. The molecule has 7 heteroatoms. The number of nitrogens with zero attached hydrogens (tertiary/aromatic N) is 3. The summed E-state index contributed by atoms with van der Waals surface area (Å²) in [5.41, 5.74) is 2.94. The number of para-hydroxylation sites is 1. The summed E-state index contributed by atoms with van der Waals surface area (Å²) in [7, 11) is 1.66. The average Bonchev–Trinajstić information content (AvgIpc) is 3.44. The third-order valence-electron chi connectivity index (χ3n) is 6.87. The number of fused-ring (bicyclic) bond motifs is 1. The molecule has 1 aromatic heterocycles. The molecule has 36 heavy (non-hydrogen) atoms. The number of aromatic nitrogens is 2. The normalized spacial score (nSPS) is 14.6. The van der Waals surface area contributed by atoms with Crippen molar-refractivity contribution >= 4 is 16.8 Å². The fourth-order valence-electron chi connectivity index (χ4n) is 4.94. The summed E-state index contributed by atoms with van der Waals surface area (Å²) < 4.78 is 6.88. The monoisotopic (exact) mass is 482 g/mol. The van der Waals surface area contributed by atoms with Crippen LogP contribution < -0.4 is 15.6 Å². The summed E-state index contributed by atoms with van der Waals surface area (Å²) in [4.78, 5) is 33.1. The van der Waals surface area contributed by atoms with Crippen LogP contribution in [0.4, 0.5) is 0 Å². The van der Waals surface area contributed by atoms with Gasteiger partial charge in [0.25, 0.3) is 11.5 Å². The number of nitrogens with one attached hydrogen (secondary N) is 1. The Morgan fingerprint density at radius 3 is 2.39 bits per heavy atom. The van der Waals surface area contributed by atoms with Crippen LogP contribution in [-0.2, 0) is 0 Å². The standard InChI is InChI=1S/C29H30N4O3/c1-20-31-26-8-4-3-7-25(26)29(35)33(20)23-13-9-22(10-14-23)28(34)30-19-27(32-17-5-6-18-32)21-11-15-24(36-2)16-12-21/h3-4,7-16,27H,5-6,17-19H2,1-2H3,(H,30,34)/t27-/m0/s1. The van der Waals surface area contributed by atoms with Crippen LogP contribution in [0.5, 0.6) is 5.75 Å². The van der Waals surface area contributed by atoms with Gasteiger partial charge >= 0.3 is 0 Å². The van der Waals surface area contributed by atoms with Crippen molar-refractivity contribution in [2.24, 2.45) is 0 Å². The van der Waals surface area contributed by atoms with E-state index in [1.54, 1.807) is 42.0 Å². The van der Waals surface area contributed by atoms with Gasteiger partial charge in [0.05, 0.1) is 29.7 Å². The highest BCUT2D eigenvalue weighted by Crippen LogP contribution is 2.26. The predicted octanol–water partition coefficient (Wildman–Crippen LogP) is 4.27. The Hall–Kier alpha value is -3.97. The Morgan fingerprint density at radius 1 is 1.00 bits per heavy atom. The van der Waals surface area contributed by atoms with Crippen molar-refractivity contribution in [2.75, 3.05) is 26.7 Å². The predicted molar refractivity (Wildman–Crippen MR) is 141 cm³/mol. The molecular formula is C29H30N4O3. The van der Waals surface area contributed by atoms with E-state index in [-0.39, 0.29) is 17.5 Å². The van der Waals surface area contributed by atoms with E-state index >= 15 is 0 Å². The van der Waals surface area contributed by atoms with Crippen LogP contribution in [0.15, 0.2) is 77.6 Å². The molecule has 1 saturated heterocycles. The van der Waals surface area contributed by atoms with Gasteiger partial charge in [-0.1, -0.05) is 24.3 Å². The topological polar surface area (TPSA) is 76.5 Å². The number of aryl methyl sites for hydroxylation is 1. The average molecular weight is 483 g/mol. The fourth-order valence-corrected chi connectivity index (χ4v) is 4.94. The summed E-state index contributed by atoms with van der Waals surface area (Å²) in [6, 6.07) is 22.6. The molecule has 0 radical (unpaired) electrons. The minimum absolute atomic E-state index is 0.103.